The lowest BCUT2D eigenvalue weighted by Gasteiger charge is -2.15. The molecular formula is C27H20FN3O2S2. The molecular weight excluding hydrogens is 481 g/mol. The Balaban J connectivity index is 1.42. The van der Waals surface area contributed by atoms with Gasteiger partial charge in [-0.2, -0.15) is 0 Å². The molecule has 4 aromatic rings. The highest BCUT2D eigenvalue weighted by molar-refractivity contribution is 8.27. The van der Waals surface area contributed by atoms with Gasteiger partial charge in [-0.05, 0) is 61.5 Å². The van der Waals surface area contributed by atoms with E-state index >= 15 is 0 Å². The Hall–Kier alpha value is -3.75. The van der Waals surface area contributed by atoms with Crippen LogP contribution in [0.4, 0.5) is 15.8 Å². The molecule has 0 bridgehead atoms. The predicted molar refractivity (Wildman–Crippen MR) is 144 cm³/mol. The third-order valence-corrected chi connectivity index (χ3v) is 7.01. The van der Waals surface area contributed by atoms with Crippen LogP contribution in [-0.2, 0) is 11.3 Å². The van der Waals surface area contributed by atoms with Gasteiger partial charge in [0.1, 0.15) is 5.82 Å². The molecule has 2 amide bonds. The van der Waals surface area contributed by atoms with Crippen molar-refractivity contribution in [3.8, 4) is 0 Å². The van der Waals surface area contributed by atoms with E-state index in [4.69, 9.17) is 12.2 Å². The molecule has 5 rings (SSSR count). The second-order valence-corrected chi connectivity index (χ2v) is 9.59. The number of hydrogen-bond acceptors (Lipinski definition) is 4. The maximum atomic E-state index is 13.3. The van der Waals surface area contributed by atoms with Gasteiger partial charge < -0.3 is 9.88 Å². The second kappa shape index (κ2) is 9.48. The molecule has 3 aromatic carbocycles. The van der Waals surface area contributed by atoms with Crippen LogP contribution in [0.2, 0.25) is 0 Å². The maximum Gasteiger partial charge on any atom is 0.270 e. The lowest BCUT2D eigenvalue weighted by Crippen LogP contribution is -2.27. The minimum Gasteiger partial charge on any atom is -0.347 e. The lowest BCUT2D eigenvalue weighted by atomic mass is 10.1. The number of fused-ring (bicyclic) bond motifs is 1. The van der Waals surface area contributed by atoms with Crippen LogP contribution in [0.15, 0.2) is 83.9 Å². The van der Waals surface area contributed by atoms with Crippen LogP contribution >= 0.6 is 24.0 Å². The van der Waals surface area contributed by atoms with Gasteiger partial charge in [0.2, 0.25) is 0 Å². The molecule has 0 aliphatic carbocycles. The summed E-state index contributed by atoms with van der Waals surface area (Å²) >= 11 is 6.77. The quantitative estimate of drug-likeness (QED) is 0.252. The van der Waals surface area contributed by atoms with Gasteiger partial charge in [-0.25, -0.2) is 4.39 Å². The van der Waals surface area contributed by atoms with E-state index in [1.165, 1.54) is 40.9 Å². The number of benzene rings is 3. The Morgan fingerprint density at radius 1 is 1.09 bits per heavy atom. The molecule has 174 valence electrons. The molecule has 0 saturated carbocycles. The molecule has 0 radical (unpaired) electrons. The Kier molecular flexibility index (Phi) is 6.23. The summed E-state index contributed by atoms with van der Waals surface area (Å²) in [6, 6.07) is 20.3. The molecule has 0 unspecified atom stereocenters. The van der Waals surface area contributed by atoms with Gasteiger partial charge in [-0.15, -0.1) is 0 Å². The van der Waals surface area contributed by atoms with Crippen molar-refractivity contribution in [3.05, 3.63) is 101 Å². The zero-order chi connectivity index (χ0) is 24.5. The number of nitrogens with zero attached hydrogens (tertiary/aromatic N) is 2. The van der Waals surface area contributed by atoms with E-state index in [9.17, 15) is 14.0 Å². The van der Waals surface area contributed by atoms with Crippen molar-refractivity contribution >= 4 is 68.5 Å². The summed E-state index contributed by atoms with van der Waals surface area (Å²) in [5.74, 6) is -0.983. The topological polar surface area (TPSA) is 54.3 Å². The number of thiocarbonyl (C=S) groups is 1. The number of halogens is 1. The number of aryl methyl sites for hydroxylation is 1. The van der Waals surface area contributed by atoms with Crippen LogP contribution in [0, 0.1) is 5.82 Å². The number of para-hydroxylation sites is 1. The number of anilines is 2. The van der Waals surface area contributed by atoms with Gasteiger partial charge >= 0.3 is 0 Å². The van der Waals surface area contributed by atoms with Gasteiger partial charge in [0.25, 0.3) is 11.8 Å². The number of carbonyl (C=O) groups excluding carboxylic acids is 2. The molecule has 1 aromatic heterocycles. The first-order valence-corrected chi connectivity index (χ1v) is 12.2. The number of rotatable bonds is 5. The first-order chi connectivity index (χ1) is 16.9. The van der Waals surface area contributed by atoms with E-state index < -0.39 is 0 Å². The molecule has 1 aliphatic rings. The smallest absolute Gasteiger partial charge is 0.270 e. The largest absolute Gasteiger partial charge is 0.347 e. The molecule has 0 spiro atoms. The molecule has 1 N–H and O–H groups in total. The van der Waals surface area contributed by atoms with Crippen LogP contribution in [-0.4, -0.2) is 20.7 Å². The van der Waals surface area contributed by atoms with Crippen LogP contribution < -0.4 is 10.2 Å². The van der Waals surface area contributed by atoms with Gasteiger partial charge in [0.05, 0.1) is 10.6 Å². The first kappa shape index (κ1) is 23.0. The second-order valence-electron chi connectivity index (χ2n) is 7.92. The summed E-state index contributed by atoms with van der Waals surface area (Å²) in [4.78, 5) is 28.0. The Bertz CT molecular complexity index is 1510. The molecule has 2 heterocycles. The van der Waals surface area contributed by atoms with Crippen molar-refractivity contribution in [2.45, 2.75) is 13.5 Å². The van der Waals surface area contributed by atoms with Crippen molar-refractivity contribution in [3.63, 3.8) is 0 Å². The summed E-state index contributed by atoms with van der Waals surface area (Å²) in [5, 5.41) is 3.80. The fourth-order valence-electron chi connectivity index (χ4n) is 4.01. The van der Waals surface area contributed by atoms with Crippen LogP contribution in [0.3, 0.4) is 0 Å². The Labute approximate surface area is 211 Å². The number of aromatic nitrogens is 1. The minimum atomic E-state index is -0.383. The fourth-order valence-corrected chi connectivity index (χ4v) is 5.30. The van der Waals surface area contributed by atoms with E-state index in [0.29, 0.717) is 26.2 Å². The number of nitrogens with one attached hydrogen (secondary N) is 1. The van der Waals surface area contributed by atoms with Crippen LogP contribution in [0.1, 0.15) is 22.8 Å². The lowest BCUT2D eigenvalue weighted by molar-refractivity contribution is -0.113. The third kappa shape index (κ3) is 4.50. The van der Waals surface area contributed by atoms with Crippen molar-refractivity contribution in [2.24, 2.45) is 0 Å². The average molecular weight is 502 g/mol. The first-order valence-electron chi connectivity index (χ1n) is 11.0. The highest BCUT2D eigenvalue weighted by atomic mass is 32.2. The minimum absolute atomic E-state index is 0.232. The average Bonchev–Trinajstić information content (AvgIpc) is 3.36. The Morgan fingerprint density at radius 3 is 2.63 bits per heavy atom. The van der Waals surface area contributed by atoms with Crippen molar-refractivity contribution in [2.75, 3.05) is 10.2 Å². The predicted octanol–water partition coefficient (Wildman–Crippen LogP) is 6.46. The summed E-state index contributed by atoms with van der Waals surface area (Å²) in [6.45, 7) is 2.90. The molecule has 1 fully saturated rings. The van der Waals surface area contributed by atoms with Gasteiger partial charge in [-0.3, -0.25) is 14.5 Å². The number of carbonyl (C=O) groups is 2. The normalized spacial score (nSPS) is 14.8. The van der Waals surface area contributed by atoms with Crippen LogP contribution in [0.5, 0.6) is 0 Å². The van der Waals surface area contributed by atoms with E-state index in [1.807, 2.05) is 30.5 Å². The third-order valence-electron chi connectivity index (χ3n) is 5.71. The van der Waals surface area contributed by atoms with E-state index in [2.05, 4.69) is 22.9 Å². The fraction of sp³-hybridized carbons (Fsp3) is 0.0741. The summed E-state index contributed by atoms with van der Waals surface area (Å²) < 4.78 is 15.7. The molecule has 5 nitrogen and oxygen atoms in total. The van der Waals surface area contributed by atoms with Crippen molar-refractivity contribution < 1.29 is 14.0 Å². The van der Waals surface area contributed by atoms with Crippen LogP contribution in [0.25, 0.3) is 17.0 Å². The standard InChI is InChI=1S/C27H20FN3O2S2/c1-2-30-16-18(22-8-3-4-9-23(22)30)15-24-26(33)31(27(34)35-24)21-7-5-6-17(14-21)25(32)29-20-12-10-19(28)11-13-20/h3-16H,2H2,1H3,(H,29,32)/b24-15+. The number of thioether (sulfide) groups is 1. The highest BCUT2D eigenvalue weighted by Gasteiger charge is 2.33. The monoisotopic (exact) mass is 501 g/mol. The number of hydrogen-bond donors (Lipinski definition) is 1. The molecule has 35 heavy (non-hydrogen) atoms. The zero-order valence-corrected chi connectivity index (χ0v) is 20.3. The molecule has 0 atom stereocenters. The number of amides is 2. The van der Waals surface area contributed by atoms with E-state index in [1.54, 1.807) is 24.3 Å². The van der Waals surface area contributed by atoms with Gasteiger partial charge in [0.15, 0.2) is 4.32 Å². The van der Waals surface area contributed by atoms with Crippen molar-refractivity contribution in [1.82, 2.24) is 4.57 Å². The summed E-state index contributed by atoms with van der Waals surface area (Å²) in [5.41, 5.74) is 3.41. The van der Waals surface area contributed by atoms with Gasteiger partial charge in [-0.1, -0.05) is 48.2 Å². The summed E-state index contributed by atoms with van der Waals surface area (Å²) in [6.07, 6.45) is 3.91. The van der Waals surface area contributed by atoms with Crippen molar-refractivity contribution in [1.29, 1.82) is 0 Å². The molecule has 1 aliphatic heterocycles. The molecule has 8 heteroatoms. The summed E-state index contributed by atoms with van der Waals surface area (Å²) in [7, 11) is 0. The SMILES string of the molecule is CCn1cc(/C=C2/SC(=S)N(c3cccc(C(=O)Nc4ccc(F)cc4)c3)C2=O)c2ccccc21. The van der Waals surface area contributed by atoms with E-state index in [-0.39, 0.29) is 17.6 Å². The zero-order valence-electron chi connectivity index (χ0n) is 18.7. The Morgan fingerprint density at radius 2 is 1.86 bits per heavy atom. The molecule has 1 saturated heterocycles. The van der Waals surface area contributed by atoms with E-state index in [0.717, 1.165) is 23.0 Å². The van der Waals surface area contributed by atoms with Gasteiger partial charge in [0, 0.05) is 40.5 Å². The highest BCUT2D eigenvalue weighted by Crippen LogP contribution is 2.37. The maximum absolute atomic E-state index is 13.3.